The van der Waals surface area contributed by atoms with Crippen LogP contribution < -0.4 is 5.32 Å². The Hall–Kier alpha value is -2.69. The Morgan fingerprint density at radius 3 is 2.85 bits per heavy atom. The van der Waals surface area contributed by atoms with E-state index < -0.39 is 0 Å². The molecule has 0 bridgehead atoms. The minimum Gasteiger partial charge on any atom is -0.342 e. The first-order valence-electron chi connectivity index (χ1n) is 6.39. The fraction of sp³-hybridized carbons (Fsp3) is 0.133. The van der Waals surface area contributed by atoms with Crippen molar-refractivity contribution in [3.05, 3.63) is 60.2 Å². The van der Waals surface area contributed by atoms with Gasteiger partial charge < -0.3 is 10.3 Å². The smallest absolute Gasteiger partial charge is 0.253 e. The van der Waals surface area contributed by atoms with Crippen LogP contribution in [0.1, 0.15) is 29.1 Å². The molecule has 0 spiro atoms. The van der Waals surface area contributed by atoms with Gasteiger partial charge in [-0.1, -0.05) is 12.1 Å². The molecule has 2 N–H and O–H groups in total. The number of nitrogens with zero attached hydrogens (tertiary/aromatic N) is 2. The Morgan fingerprint density at radius 1 is 1.25 bits per heavy atom. The zero-order valence-electron chi connectivity index (χ0n) is 11.0. The predicted octanol–water partition coefficient (Wildman–Crippen LogP) is 2.45. The first-order valence-corrected chi connectivity index (χ1v) is 6.39. The minimum atomic E-state index is -0.199. The van der Waals surface area contributed by atoms with E-state index in [1.54, 1.807) is 24.5 Å². The first kappa shape index (κ1) is 12.3. The Balaban J connectivity index is 1.79. The summed E-state index contributed by atoms with van der Waals surface area (Å²) in [5, 5.41) is 2.90. The van der Waals surface area contributed by atoms with Crippen LogP contribution in [0.25, 0.3) is 11.0 Å². The molecule has 0 saturated heterocycles. The van der Waals surface area contributed by atoms with Crippen LogP contribution >= 0.6 is 0 Å². The molecule has 0 radical (unpaired) electrons. The molecule has 5 nitrogen and oxygen atoms in total. The highest BCUT2D eigenvalue weighted by atomic mass is 16.1. The highest BCUT2D eigenvalue weighted by Crippen LogP contribution is 2.15. The monoisotopic (exact) mass is 266 g/mol. The van der Waals surface area contributed by atoms with Crippen molar-refractivity contribution in [1.29, 1.82) is 0 Å². The van der Waals surface area contributed by atoms with Crippen molar-refractivity contribution in [2.24, 2.45) is 0 Å². The summed E-state index contributed by atoms with van der Waals surface area (Å²) in [4.78, 5) is 23.7. The molecular formula is C15H14N4O. The van der Waals surface area contributed by atoms with Crippen molar-refractivity contribution in [3.63, 3.8) is 0 Å². The van der Waals surface area contributed by atoms with Crippen molar-refractivity contribution in [2.75, 3.05) is 0 Å². The number of benzene rings is 1. The summed E-state index contributed by atoms with van der Waals surface area (Å²) < 4.78 is 0. The molecule has 3 rings (SSSR count). The number of hydrogen-bond acceptors (Lipinski definition) is 3. The Bertz CT molecular complexity index is 703. The normalized spacial score (nSPS) is 12.2. The fourth-order valence-electron chi connectivity index (χ4n) is 2.02. The van der Waals surface area contributed by atoms with Gasteiger partial charge in [-0.2, -0.15) is 0 Å². The Morgan fingerprint density at radius 2 is 2.10 bits per heavy atom. The van der Waals surface area contributed by atoms with Crippen LogP contribution in [-0.4, -0.2) is 20.9 Å². The van der Waals surface area contributed by atoms with Gasteiger partial charge in [0.15, 0.2) is 0 Å². The SMILES string of the molecule is C[C@@H](NC(=O)c1cccnc1)c1nc2ccccc2[nH]1. The van der Waals surface area contributed by atoms with E-state index in [1.165, 1.54) is 0 Å². The van der Waals surface area contributed by atoms with Crippen LogP contribution in [0.5, 0.6) is 0 Å². The van der Waals surface area contributed by atoms with Gasteiger partial charge in [-0.15, -0.1) is 0 Å². The number of fused-ring (bicyclic) bond motifs is 1. The summed E-state index contributed by atoms with van der Waals surface area (Å²) in [6, 6.07) is 11.0. The summed E-state index contributed by atoms with van der Waals surface area (Å²) in [5.41, 5.74) is 2.39. The number of para-hydroxylation sites is 2. The Kier molecular flexibility index (Phi) is 3.16. The van der Waals surface area contributed by atoms with Gasteiger partial charge in [0.1, 0.15) is 5.82 Å². The lowest BCUT2D eigenvalue weighted by molar-refractivity contribution is 0.0938. The van der Waals surface area contributed by atoms with Gasteiger partial charge >= 0.3 is 0 Å². The summed E-state index contributed by atoms with van der Waals surface area (Å²) >= 11 is 0. The molecule has 20 heavy (non-hydrogen) atoms. The molecule has 0 aliphatic rings. The van der Waals surface area contributed by atoms with E-state index in [0.29, 0.717) is 5.56 Å². The number of H-pyrrole nitrogens is 1. The average Bonchev–Trinajstić information content (AvgIpc) is 2.92. The quantitative estimate of drug-likeness (QED) is 0.765. The molecule has 0 unspecified atom stereocenters. The summed E-state index contributed by atoms with van der Waals surface area (Å²) in [5.74, 6) is 0.578. The van der Waals surface area contributed by atoms with Crippen LogP contribution in [-0.2, 0) is 0 Å². The van der Waals surface area contributed by atoms with Crippen molar-refractivity contribution in [1.82, 2.24) is 20.3 Å². The maximum absolute atomic E-state index is 12.1. The third-order valence-electron chi connectivity index (χ3n) is 3.09. The van der Waals surface area contributed by atoms with E-state index in [4.69, 9.17) is 0 Å². The summed E-state index contributed by atoms with van der Waals surface area (Å²) in [7, 11) is 0. The maximum Gasteiger partial charge on any atom is 0.253 e. The van der Waals surface area contributed by atoms with Gasteiger partial charge in [0, 0.05) is 12.4 Å². The number of amides is 1. The number of nitrogens with one attached hydrogen (secondary N) is 2. The number of carbonyl (C=O) groups is 1. The Labute approximate surface area is 116 Å². The van der Waals surface area contributed by atoms with Gasteiger partial charge in [0.2, 0.25) is 0 Å². The standard InChI is InChI=1S/C15H14N4O/c1-10(17-15(20)11-5-4-8-16-9-11)14-18-12-6-2-3-7-13(12)19-14/h2-10H,1H3,(H,17,20)(H,18,19)/t10-/m1/s1. The van der Waals surface area contributed by atoms with E-state index in [9.17, 15) is 4.79 Å². The van der Waals surface area contributed by atoms with Crippen LogP contribution in [0, 0.1) is 0 Å². The van der Waals surface area contributed by atoms with Gasteiger partial charge in [-0.3, -0.25) is 9.78 Å². The molecule has 2 heterocycles. The summed E-state index contributed by atoms with van der Waals surface area (Å²) in [6.07, 6.45) is 3.18. The topological polar surface area (TPSA) is 70.7 Å². The number of hydrogen-bond donors (Lipinski definition) is 2. The highest BCUT2D eigenvalue weighted by Gasteiger charge is 2.14. The minimum absolute atomic E-state index is 0.161. The first-order chi connectivity index (χ1) is 9.74. The second-order valence-electron chi connectivity index (χ2n) is 4.58. The lowest BCUT2D eigenvalue weighted by atomic mass is 10.2. The molecule has 0 aliphatic heterocycles. The third kappa shape index (κ3) is 2.38. The van der Waals surface area contributed by atoms with E-state index in [2.05, 4.69) is 20.3 Å². The molecule has 1 aromatic carbocycles. The number of pyridine rings is 1. The second kappa shape index (κ2) is 5.13. The molecular weight excluding hydrogens is 252 g/mol. The zero-order valence-corrected chi connectivity index (χ0v) is 11.0. The molecule has 1 amide bonds. The molecule has 0 saturated carbocycles. The maximum atomic E-state index is 12.1. The second-order valence-corrected chi connectivity index (χ2v) is 4.58. The highest BCUT2D eigenvalue weighted by molar-refractivity contribution is 5.94. The van der Waals surface area contributed by atoms with Crippen LogP contribution in [0.2, 0.25) is 0 Å². The number of imidazole rings is 1. The zero-order chi connectivity index (χ0) is 13.9. The van der Waals surface area contributed by atoms with Crippen molar-refractivity contribution in [2.45, 2.75) is 13.0 Å². The molecule has 0 fully saturated rings. The lowest BCUT2D eigenvalue weighted by Crippen LogP contribution is -2.27. The fourth-order valence-corrected chi connectivity index (χ4v) is 2.02. The molecule has 5 heteroatoms. The van der Waals surface area contributed by atoms with E-state index in [-0.39, 0.29) is 11.9 Å². The number of aromatic amines is 1. The van der Waals surface area contributed by atoms with Crippen LogP contribution in [0.4, 0.5) is 0 Å². The number of rotatable bonds is 3. The molecule has 3 aromatic rings. The van der Waals surface area contributed by atoms with Crippen molar-refractivity contribution < 1.29 is 4.79 Å². The lowest BCUT2D eigenvalue weighted by Gasteiger charge is -2.11. The van der Waals surface area contributed by atoms with Gasteiger partial charge in [0.05, 0.1) is 22.6 Å². The third-order valence-corrected chi connectivity index (χ3v) is 3.09. The van der Waals surface area contributed by atoms with Gasteiger partial charge in [0.25, 0.3) is 5.91 Å². The molecule has 100 valence electrons. The average molecular weight is 266 g/mol. The summed E-state index contributed by atoms with van der Waals surface area (Å²) in [6.45, 7) is 1.89. The predicted molar refractivity (Wildman–Crippen MR) is 76.2 cm³/mol. The van der Waals surface area contributed by atoms with E-state index >= 15 is 0 Å². The molecule has 2 aromatic heterocycles. The van der Waals surface area contributed by atoms with E-state index in [0.717, 1.165) is 16.9 Å². The molecule has 0 aliphatic carbocycles. The van der Waals surface area contributed by atoms with Crippen molar-refractivity contribution >= 4 is 16.9 Å². The van der Waals surface area contributed by atoms with Gasteiger partial charge in [-0.25, -0.2) is 4.98 Å². The van der Waals surface area contributed by atoms with Gasteiger partial charge in [-0.05, 0) is 31.2 Å². The largest absolute Gasteiger partial charge is 0.342 e. The molecule has 1 atom stereocenters. The van der Waals surface area contributed by atoms with Crippen molar-refractivity contribution in [3.8, 4) is 0 Å². The van der Waals surface area contributed by atoms with E-state index in [1.807, 2.05) is 31.2 Å². The van der Waals surface area contributed by atoms with Crippen LogP contribution in [0.15, 0.2) is 48.8 Å². The number of aromatic nitrogens is 3. The van der Waals surface area contributed by atoms with Crippen LogP contribution in [0.3, 0.4) is 0 Å². The number of carbonyl (C=O) groups excluding carboxylic acids is 1.